The number of hydrogen-bond acceptors (Lipinski definition) is 6. The minimum Gasteiger partial charge on any atom is -0.465 e. The van der Waals surface area contributed by atoms with Gasteiger partial charge in [0.25, 0.3) is 11.8 Å². The highest BCUT2D eigenvalue weighted by Crippen LogP contribution is 2.37. The van der Waals surface area contributed by atoms with Crippen LogP contribution in [-0.2, 0) is 22.1 Å². The molecule has 0 heterocycles. The average molecular weight is 647 g/mol. The van der Waals surface area contributed by atoms with E-state index in [1.165, 1.54) is 56.4 Å². The maximum Gasteiger partial charge on any atom is 0.417 e. The first kappa shape index (κ1) is 34.4. The number of carbonyl (C=O) groups excluding carboxylic acids is 4. The van der Waals surface area contributed by atoms with Gasteiger partial charge >= 0.3 is 18.1 Å². The predicted octanol–water partition coefficient (Wildman–Crippen LogP) is 7.35. The van der Waals surface area contributed by atoms with Crippen LogP contribution in [0, 0.1) is 6.92 Å². The molecule has 0 saturated carbocycles. The summed E-state index contributed by atoms with van der Waals surface area (Å²) in [4.78, 5) is 52.3. The largest absolute Gasteiger partial charge is 0.465 e. The second-order valence-electron chi connectivity index (χ2n) is 10.9. The molecule has 8 nitrogen and oxygen atoms in total. The summed E-state index contributed by atoms with van der Waals surface area (Å²) in [5, 5.41) is 2.54. The first-order valence-electron chi connectivity index (χ1n) is 14.6. The van der Waals surface area contributed by atoms with Crippen molar-refractivity contribution < 1.29 is 41.8 Å². The van der Waals surface area contributed by atoms with Gasteiger partial charge in [0.15, 0.2) is 0 Å². The van der Waals surface area contributed by atoms with Crippen molar-refractivity contribution in [1.82, 2.24) is 4.90 Å². The van der Waals surface area contributed by atoms with Gasteiger partial charge in [-0.1, -0.05) is 48.5 Å². The lowest BCUT2D eigenvalue weighted by Crippen LogP contribution is -2.25. The Kier molecular flexibility index (Phi) is 10.8. The third kappa shape index (κ3) is 8.43. The average Bonchev–Trinajstić information content (AvgIpc) is 3.04. The molecule has 0 atom stereocenters. The molecule has 0 aliphatic heterocycles. The zero-order chi connectivity index (χ0) is 34.3. The van der Waals surface area contributed by atoms with Gasteiger partial charge in [-0.25, -0.2) is 4.79 Å². The number of methoxy groups -OCH3 is 1. The number of halogens is 3. The van der Waals surface area contributed by atoms with Crippen LogP contribution in [0.2, 0.25) is 0 Å². The lowest BCUT2D eigenvalue weighted by molar-refractivity contribution is -0.138. The molecule has 0 radical (unpaired) electrons. The number of hydrogen-bond donors (Lipinski definition) is 1. The molecule has 4 rings (SSSR count). The van der Waals surface area contributed by atoms with E-state index >= 15 is 0 Å². The summed E-state index contributed by atoms with van der Waals surface area (Å²) in [5.41, 5.74) is 0.588. The number of amides is 2. The Balaban J connectivity index is 1.53. The topological polar surface area (TPSA) is 102 Å². The normalized spacial score (nSPS) is 11.0. The molecule has 0 unspecified atom stereocenters. The van der Waals surface area contributed by atoms with Crippen LogP contribution in [0.25, 0.3) is 11.1 Å². The molecule has 1 N–H and O–H groups in total. The number of carbonyl (C=O) groups is 4. The Bertz CT molecular complexity index is 1800. The summed E-state index contributed by atoms with van der Waals surface area (Å²) >= 11 is 0. The van der Waals surface area contributed by atoms with Crippen molar-refractivity contribution in [3.05, 3.63) is 118 Å². The lowest BCUT2D eigenvalue weighted by atomic mass is 9.94. The van der Waals surface area contributed by atoms with Crippen molar-refractivity contribution in [2.24, 2.45) is 0 Å². The molecule has 0 aromatic heterocycles. The van der Waals surface area contributed by atoms with Gasteiger partial charge in [0.1, 0.15) is 5.75 Å². The van der Waals surface area contributed by atoms with Crippen LogP contribution in [0.4, 0.5) is 18.9 Å². The summed E-state index contributed by atoms with van der Waals surface area (Å²) in [6.07, 6.45) is -4.04. The smallest absolute Gasteiger partial charge is 0.417 e. The number of alkyl halides is 3. The van der Waals surface area contributed by atoms with Gasteiger partial charge in [-0.2, -0.15) is 13.2 Å². The van der Waals surface area contributed by atoms with Crippen molar-refractivity contribution >= 4 is 29.4 Å². The van der Waals surface area contributed by atoms with Crippen molar-refractivity contribution in [1.29, 1.82) is 0 Å². The van der Waals surface area contributed by atoms with Gasteiger partial charge in [0.05, 0.1) is 35.1 Å². The highest BCUT2D eigenvalue weighted by molar-refractivity contribution is 6.12. The molecule has 11 heteroatoms. The van der Waals surface area contributed by atoms with Crippen molar-refractivity contribution in [2.45, 2.75) is 32.4 Å². The number of anilines is 1. The van der Waals surface area contributed by atoms with E-state index in [1.807, 2.05) is 0 Å². The van der Waals surface area contributed by atoms with Crippen LogP contribution >= 0.6 is 0 Å². The second kappa shape index (κ2) is 14.8. The van der Waals surface area contributed by atoms with E-state index in [9.17, 15) is 32.3 Å². The van der Waals surface area contributed by atoms with Gasteiger partial charge in [-0.15, -0.1) is 0 Å². The van der Waals surface area contributed by atoms with Crippen molar-refractivity contribution in [3.8, 4) is 16.9 Å². The summed E-state index contributed by atoms with van der Waals surface area (Å²) < 4.78 is 52.4. The van der Waals surface area contributed by atoms with Gasteiger partial charge in [-0.05, 0) is 78.4 Å². The summed E-state index contributed by atoms with van der Waals surface area (Å²) in [6.45, 7) is 1.69. The first-order valence-corrected chi connectivity index (χ1v) is 14.6. The third-order valence-electron chi connectivity index (χ3n) is 7.33. The standard InChI is InChI=1S/C36H33F3N2O6/c1-22-20-25(17-18-26(22)35(45)46-4)47-31(42)15-8-10-23-16-19-30(28(21-23)34(44)41(2)3)40-33(43)32-27(24-11-6-5-7-12-24)13-9-14-29(32)36(37,38)39/h5-7,9,11-14,16-21H,8,10,15H2,1-4H3,(H,40,43). The Morgan fingerprint density at radius 3 is 2.21 bits per heavy atom. The van der Waals surface area contributed by atoms with Gasteiger partial charge in [-0.3, -0.25) is 14.4 Å². The SMILES string of the molecule is COC(=O)c1ccc(OC(=O)CCCc2ccc(NC(=O)c3c(-c4ccccc4)cccc3C(F)(F)F)c(C(=O)N(C)C)c2)cc1C. The zero-order valence-corrected chi connectivity index (χ0v) is 26.2. The predicted molar refractivity (Wildman–Crippen MR) is 170 cm³/mol. The molecule has 2 amide bonds. The number of ether oxygens (including phenoxy) is 2. The quantitative estimate of drug-likeness (QED) is 0.143. The van der Waals surface area contributed by atoms with E-state index < -0.39 is 41.1 Å². The van der Waals surface area contributed by atoms with E-state index in [1.54, 1.807) is 55.5 Å². The Hall–Kier alpha value is -5.45. The van der Waals surface area contributed by atoms with Crippen LogP contribution in [-0.4, -0.2) is 49.9 Å². The minimum absolute atomic E-state index is 0.0404. The monoisotopic (exact) mass is 646 g/mol. The molecule has 0 aliphatic carbocycles. The maximum atomic E-state index is 14.1. The van der Waals surface area contributed by atoms with Gasteiger partial charge in [0.2, 0.25) is 0 Å². The number of nitrogens with one attached hydrogen (secondary N) is 1. The molecule has 4 aromatic rings. The molecule has 0 saturated heterocycles. The fourth-order valence-corrected chi connectivity index (χ4v) is 5.01. The van der Waals surface area contributed by atoms with Crippen LogP contribution in [0.5, 0.6) is 5.75 Å². The van der Waals surface area contributed by atoms with Crippen LogP contribution in [0.3, 0.4) is 0 Å². The molecular weight excluding hydrogens is 613 g/mol. The van der Waals surface area contributed by atoms with Crippen LogP contribution in [0.1, 0.15) is 60.6 Å². The van der Waals surface area contributed by atoms with Crippen molar-refractivity contribution in [2.75, 3.05) is 26.5 Å². The number of nitrogens with zero attached hydrogens (tertiary/aromatic N) is 1. The van der Waals surface area contributed by atoms with Crippen LogP contribution < -0.4 is 10.1 Å². The second-order valence-corrected chi connectivity index (χ2v) is 10.9. The number of rotatable bonds is 10. The molecule has 0 aliphatic rings. The van der Waals surface area contributed by atoms with Gasteiger partial charge in [0, 0.05) is 20.5 Å². The maximum absolute atomic E-state index is 14.1. The lowest BCUT2D eigenvalue weighted by Gasteiger charge is -2.19. The number of aryl methyl sites for hydroxylation is 2. The molecule has 0 spiro atoms. The summed E-state index contributed by atoms with van der Waals surface area (Å²) in [5.74, 6) is -2.21. The Morgan fingerprint density at radius 2 is 1.57 bits per heavy atom. The fourth-order valence-electron chi connectivity index (χ4n) is 5.01. The van der Waals surface area contributed by atoms with E-state index in [0.29, 0.717) is 35.1 Å². The van der Waals surface area contributed by atoms with E-state index in [2.05, 4.69) is 5.32 Å². The molecule has 4 aromatic carbocycles. The number of esters is 2. The third-order valence-corrected chi connectivity index (χ3v) is 7.33. The summed E-state index contributed by atoms with van der Waals surface area (Å²) in [6, 6.07) is 21.0. The number of benzene rings is 4. The zero-order valence-electron chi connectivity index (χ0n) is 26.2. The fraction of sp³-hybridized carbons (Fsp3) is 0.222. The Morgan fingerprint density at radius 1 is 0.851 bits per heavy atom. The molecule has 47 heavy (non-hydrogen) atoms. The molecule has 0 fully saturated rings. The van der Waals surface area contributed by atoms with E-state index in [-0.39, 0.29) is 29.0 Å². The molecular formula is C36H33F3N2O6. The van der Waals surface area contributed by atoms with E-state index in [0.717, 1.165) is 6.07 Å². The highest BCUT2D eigenvalue weighted by atomic mass is 19.4. The minimum atomic E-state index is -4.81. The summed E-state index contributed by atoms with van der Waals surface area (Å²) in [7, 11) is 4.31. The van der Waals surface area contributed by atoms with Crippen LogP contribution in [0.15, 0.2) is 84.9 Å². The molecule has 244 valence electrons. The Labute approximate surface area is 270 Å². The molecule has 0 bridgehead atoms. The first-order chi connectivity index (χ1) is 22.3. The van der Waals surface area contributed by atoms with Gasteiger partial charge < -0.3 is 19.7 Å². The van der Waals surface area contributed by atoms with Crippen molar-refractivity contribution in [3.63, 3.8) is 0 Å². The highest BCUT2D eigenvalue weighted by Gasteiger charge is 2.37. The van der Waals surface area contributed by atoms with E-state index in [4.69, 9.17) is 9.47 Å².